The van der Waals surface area contributed by atoms with E-state index in [4.69, 9.17) is 0 Å². The number of H-pyrrole nitrogens is 4. The Hall–Kier alpha value is -6.52. The molecular formula is C44H28N4. The van der Waals surface area contributed by atoms with Crippen LogP contribution in [-0.2, 0) is 0 Å². The minimum Gasteiger partial charge on any atom is -0.354 e. The van der Waals surface area contributed by atoms with Gasteiger partial charge in [0.1, 0.15) is 0 Å². The Morgan fingerprint density at radius 2 is 0.500 bits per heavy atom. The zero-order valence-electron chi connectivity index (χ0n) is 25.9. The highest BCUT2D eigenvalue weighted by Crippen LogP contribution is 2.27. The molecule has 0 radical (unpaired) electrons. The maximum Gasteiger partial charge on any atom is 0.0486 e. The van der Waals surface area contributed by atoms with Crippen LogP contribution >= 0.6 is 0 Å². The molecule has 6 aromatic carbocycles. The van der Waals surface area contributed by atoms with Gasteiger partial charge in [0.05, 0.1) is 0 Å². The fourth-order valence-electron chi connectivity index (χ4n) is 7.88. The molecule has 5 heterocycles. The van der Waals surface area contributed by atoms with E-state index in [0.29, 0.717) is 0 Å². The van der Waals surface area contributed by atoms with E-state index in [9.17, 15) is 0 Å². The van der Waals surface area contributed by atoms with Crippen LogP contribution in [0.4, 0.5) is 0 Å². The van der Waals surface area contributed by atoms with E-state index in [1.54, 1.807) is 0 Å². The summed E-state index contributed by atoms with van der Waals surface area (Å²) in [7, 11) is 0. The van der Waals surface area contributed by atoms with Crippen LogP contribution < -0.4 is 21.4 Å². The molecule has 1 aliphatic heterocycles. The summed E-state index contributed by atoms with van der Waals surface area (Å²) >= 11 is 0. The normalized spacial score (nSPS) is 12.8. The number of aromatic nitrogens is 4. The molecule has 1 aliphatic rings. The molecule has 8 bridgehead atoms. The van der Waals surface area contributed by atoms with Crippen molar-refractivity contribution in [2.75, 3.05) is 0 Å². The van der Waals surface area contributed by atoms with E-state index in [1.165, 1.54) is 64.6 Å². The molecule has 0 atom stereocenters. The van der Waals surface area contributed by atoms with Crippen LogP contribution in [0.15, 0.2) is 121 Å². The van der Waals surface area contributed by atoms with Crippen molar-refractivity contribution in [3.63, 3.8) is 0 Å². The monoisotopic (exact) mass is 612 g/mol. The molecule has 0 spiro atoms. The van der Waals surface area contributed by atoms with Crippen LogP contribution in [0.2, 0.25) is 0 Å². The topological polar surface area (TPSA) is 63.2 Å². The van der Waals surface area contributed by atoms with Gasteiger partial charge in [-0.25, -0.2) is 0 Å². The Labute approximate surface area is 273 Å². The molecule has 4 aromatic heterocycles. The molecule has 4 N–H and O–H groups in total. The van der Waals surface area contributed by atoms with Gasteiger partial charge in [0, 0.05) is 87.3 Å². The minimum atomic E-state index is 1.08. The van der Waals surface area contributed by atoms with E-state index < -0.39 is 0 Å². The minimum absolute atomic E-state index is 1.08. The number of aromatic amines is 4. The van der Waals surface area contributed by atoms with E-state index in [-0.39, 0.29) is 0 Å². The van der Waals surface area contributed by atoms with Gasteiger partial charge in [-0.2, -0.15) is 0 Å². The summed E-state index contributed by atoms with van der Waals surface area (Å²) in [5.41, 5.74) is 4.31. The Morgan fingerprint density at radius 1 is 0.250 bits per heavy atom. The largest absolute Gasteiger partial charge is 0.354 e. The van der Waals surface area contributed by atoms with Crippen LogP contribution in [-0.4, -0.2) is 19.9 Å². The van der Waals surface area contributed by atoms with E-state index in [1.807, 2.05) is 0 Å². The predicted octanol–water partition coefficient (Wildman–Crippen LogP) is 7.55. The van der Waals surface area contributed by atoms with Crippen molar-refractivity contribution in [1.82, 2.24) is 19.9 Å². The highest BCUT2D eigenvalue weighted by atomic mass is 14.8. The summed E-state index contributed by atoms with van der Waals surface area (Å²) in [5.74, 6) is 0. The second kappa shape index (κ2) is 9.50. The average molecular weight is 613 g/mol. The molecule has 4 nitrogen and oxygen atoms in total. The lowest BCUT2D eigenvalue weighted by Crippen LogP contribution is -2.11. The third-order valence-corrected chi connectivity index (χ3v) is 10.2. The highest BCUT2D eigenvalue weighted by molar-refractivity contribution is 6.04. The van der Waals surface area contributed by atoms with E-state index in [2.05, 4.69) is 166 Å². The standard InChI is InChI=1S/C44H28N4/c1-2-10-26-18-34-33(17-25(26)9-1)41-21-37-29-13-5-6-14-30(29)39(45-37)23-43-35-19-27-11-3-4-12-28(27)20-36(35)44(48-43)24-40-32-16-8-7-15-31(32)38(46-40)22-42(34)47-41/h1-24,45-48H. The van der Waals surface area contributed by atoms with Crippen molar-refractivity contribution >= 4 is 88.9 Å². The number of rotatable bonds is 0. The van der Waals surface area contributed by atoms with Crippen molar-refractivity contribution in [2.45, 2.75) is 0 Å². The average Bonchev–Trinajstić information content (AvgIpc) is 3.85. The third-order valence-electron chi connectivity index (χ3n) is 10.2. The van der Waals surface area contributed by atoms with Crippen molar-refractivity contribution in [3.05, 3.63) is 165 Å². The number of hydrogen-bond acceptors (Lipinski definition) is 0. The fourth-order valence-corrected chi connectivity index (χ4v) is 7.88. The summed E-state index contributed by atoms with van der Waals surface area (Å²) in [6.07, 6.45) is 9.10. The Bertz CT molecular complexity index is 2810. The first-order valence-corrected chi connectivity index (χ1v) is 16.4. The maximum atomic E-state index is 3.84. The molecule has 224 valence electrons. The van der Waals surface area contributed by atoms with Gasteiger partial charge in [-0.05, 0) is 70.1 Å². The molecule has 0 fully saturated rings. The van der Waals surface area contributed by atoms with Crippen molar-refractivity contribution in [1.29, 1.82) is 0 Å². The lowest BCUT2D eigenvalue weighted by molar-refractivity contribution is 1.25. The van der Waals surface area contributed by atoms with Crippen LogP contribution in [0.1, 0.15) is 22.8 Å². The van der Waals surface area contributed by atoms with Crippen LogP contribution in [0.5, 0.6) is 0 Å². The smallest absolute Gasteiger partial charge is 0.0486 e. The summed E-state index contributed by atoms with van der Waals surface area (Å²) in [6.45, 7) is 0. The van der Waals surface area contributed by atoms with Gasteiger partial charge >= 0.3 is 0 Å². The summed E-state index contributed by atoms with van der Waals surface area (Å²) in [5, 5.41) is 18.8. The van der Waals surface area contributed by atoms with Gasteiger partial charge < -0.3 is 19.9 Å². The molecular weight excluding hydrogens is 585 g/mol. The molecule has 0 unspecified atom stereocenters. The number of benzene rings is 6. The summed E-state index contributed by atoms with van der Waals surface area (Å²) in [6, 6.07) is 43.8. The highest BCUT2D eigenvalue weighted by Gasteiger charge is 2.13. The van der Waals surface area contributed by atoms with Gasteiger partial charge in [-0.3, -0.25) is 0 Å². The molecule has 11 rings (SSSR count). The van der Waals surface area contributed by atoms with Crippen LogP contribution in [0.3, 0.4) is 0 Å². The van der Waals surface area contributed by atoms with Gasteiger partial charge in [0.2, 0.25) is 0 Å². The lowest BCUT2D eigenvalue weighted by Gasteiger charge is -1.98. The second-order valence-corrected chi connectivity index (χ2v) is 13.0. The Balaban J connectivity index is 1.35. The van der Waals surface area contributed by atoms with Gasteiger partial charge in [-0.1, -0.05) is 97.1 Å². The first-order valence-electron chi connectivity index (χ1n) is 16.4. The van der Waals surface area contributed by atoms with Gasteiger partial charge in [0.15, 0.2) is 0 Å². The van der Waals surface area contributed by atoms with Crippen molar-refractivity contribution in [2.24, 2.45) is 0 Å². The molecule has 48 heavy (non-hydrogen) atoms. The number of hydrogen-bond donors (Lipinski definition) is 4. The Kier molecular flexibility index (Phi) is 5.08. The summed E-state index contributed by atoms with van der Waals surface area (Å²) < 4.78 is 0. The molecule has 10 aromatic rings. The molecule has 0 amide bonds. The van der Waals surface area contributed by atoms with Gasteiger partial charge in [-0.15, -0.1) is 0 Å². The molecule has 4 heteroatoms. The predicted molar refractivity (Wildman–Crippen MR) is 201 cm³/mol. The first kappa shape index (κ1) is 25.6. The Morgan fingerprint density at radius 3 is 0.771 bits per heavy atom. The zero-order valence-corrected chi connectivity index (χ0v) is 25.9. The lowest BCUT2D eigenvalue weighted by atomic mass is 10.0. The summed E-state index contributed by atoms with van der Waals surface area (Å²) in [4.78, 5) is 15.3. The van der Waals surface area contributed by atoms with E-state index in [0.717, 1.165) is 44.2 Å². The van der Waals surface area contributed by atoms with Crippen molar-refractivity contribution < 1.29 is 0 Å². The fraction of sp³-hybridized carbons (Fsp3) is 0. The quantitative estimate of drug-likeness (QED) is 0.137. The molecule has 0 aliphatic carbocycles. The second-order valence-electron chi connectivity index (χ2n) is 13.0. The first-order chi connectivity index (χ1) is 23.7. The molecule has 0 saturated heterocycles. The van der Waals surface area contributed by atoms with Crippen molar-refractivity contribution in [3.8, 4) is 0 Å². The number of fused-ring (bicyclic) bond motifs is 22. The van der Waals surface area contributed by atoms with Gasteiger partial charge in [0.25, 0.3) is 0 Å². The maximum absolute atomic E-state index is 3.84. The molecule has 0 saturated carbocycles. The SMILES string of the molecule is C1=c2[nH]c(c3cc4ccccc4cc23)=Cc2[nH]c(c3ccccc23)C=c2[nH]c(c3cc4ccccc4cc23)=Cc2[nH]c1c1ccccc21. The zero-order chi connectivity index (χ0) is 31.3. The van der Waals surface area contributed by atoms with Crippen LogP contribution in [0, 0.1) is 0 Å². The van der Waals surface area contributed by atoms with E-state index >= 15 is 0 Å². The van der Waals surface area contributed by atoms with Crippen LogP contribution in [0.25, 0.3) is 88.9 Å². The third kappa shape index (κ3) is 3.71. The number of nitrogens with one attached hydrogen (secondary N) is 4.